The van der Waals surface area contributed by atoms with Gasteiger partial charge in [0.25, 0.3) is 0 Å². The van der Waals surface area contributed by atoms with Crippen LogP contribution in [0.3, 0.4) is 0 Å². The molecule has 0 aliphatic heterocycles. The van der Waals surface area contributed by atoms with E-state index in [0.717, 1.165) is 0 Å². The summed E-state index contributed by atoms with van der Waals surface area (Å²) in [6.45, 7) is -0.649. The molecular formula is C16H13Br5ClF2N9O. The lowest BCUT2D eigenvalue weighted by Gasteiger charge is -2.05. The summed E-state index contributed by atoms with van der Waals surface area (Å²) in [5.41, 5.74) is 0. The number of hydrogen-bond acceptors (Lipinski definition) is 7. The summed E-state index contributed by atoms with van der Waals surface area (Å²) in [5.74, 6) is 0.525. The molecule has 4 rings (SSSR count). The van der Waals surface area contributed by atoms with Crippen LogP contribution in [0, 0.1) is 0 Å². The van der Waals surface area contributed by atoms with Crippen LogP contribution in [-0.4, -0.2) is 58.1 Å². The average Bonchev–Trinajstić information content (AvgIpc) is 3.42. The maximum atomic E-state index is 12.3. The quantitative estimate of drug-likeness (QED) is 0.235. The molecule has 0 radical (unpaired) electrons. The molecule has 1 N–H and O–H groups in total. The van der Waals surface area contributed by atoms with E-state index in [0.29, 0.717) is 34.4 Å². The van der Waals surface area contributed by atoms with Crippen LogP contribution < -0.4 is 4.74 Å². The molecule has 0 saturated heterocycles. The first-order chi connectivity index (χ1) is 16.2. The second-order valence-corrected chi connectivity index (χ2v) is 9.62. The van der Waals surface area contributed by atoms with E-state index in [2.05, 4.69) is 115 Å². The molecule has 3 heterocycles. The first kappa shape index (κ1) is 29.2. The van der Waals surface area contributed by atoms with E-state index < -0.39 is 13.3 Å². The molecule has 0 aliphatic carbocycles. The van der Waals surface area contributed by atoms with E-state index in [-0.39, 0.29) is 19.1 Å². The lowest BCUT2D eigenvalue weighted by atomic mass is 10.3. The third-order valence-corrected chi connectivity index (χ3v) is 5.44. The molecule has 0 fully saturated rings. The van der Waals surface area contributed by atoms with Crippen molar-refractivity contribution in [3.05, 3.63) is 53.0 Å². The Hall–Kier alpha value is -1.01. The Morgan fingerprint density at radius 2 is 1.53 bits per heavy atom. The monoisotopic (exact) mass is 815 g/mol. The number of benzene rings is 1. The highest BCUT2D eigenvalue weighted by molar-refractivity contribution is 9.11. The third-order valence-electron chi connectivity index (χ3n) is 3.24. The number of hydrogen-bond donors (Lipinski definition) is 1. The van der Waals surface area contributed by atoms with Gasteiger partial charge in [-0.15, -0.1) is 15.3 Å². The molecule has 0 atom stereocenters. The minimum Gasteiger partial charge on any atom is -0.424 e. The molecule has 0 amide bonds. The number of aromatic amines is 1. The van der Waals surface area contributed by atoms with Crippen LogP contribution in [0.1, 0.15) is 0 Å². The van der Waals surface area contributed by atoms with Gasteiger partial charge in [-0.2, -0.15) is 15.0 Å². The molecular weight excluding hydrogens is 807 g/mol. The van der Waals surface area contributed by atoms with Crippen LogP contribution >= 0.6 is 91.3 Å². The van der Waals surface area contributed by atoms with E-state index in [1.165, 1.54) is 9.36 Å². The highest BCUT2D eigenvalue weighted by atomic mass is 79.9. The van der Waals surface area contributed by atoms with Gasteiger partial charge in [0, 0.05) is 5.02 Å². The fourth-order valence-corrected chi connectivity index (χ4v) is 4.29. The summed E-state index contributed by atoms with van der Waals surface area (Å²) >= 11 is 21.2. The van der Waals surface area contributed by atoms with E-state index in [1.807, 2.05) is 0 Å². The van der Waals surface area contributed by atoms with Crippen molar-refractivity contribution in [3.63, 3.8) is 0 Å². The molecule has 10 nitrogen and oxygen atoms in total. The molecule has 1 aromatic carbocycles. The van der Waals surface area contributed by atoms with Gasteiger partial charge in [0.15, 0.2) is 9.47 Å². The van der Waals surface area contributed by atoms with Crippen molar-refractivity contribution in [2.45, 2.75) is 13.1 Å². The Balaban J connectivity index is 0.000000202. The van der Waals surface area contributed by atoms with Crippen molar-refractivity contribution in [2.24, 2.45) is 0 Å². The maximum Gasteiger partial charge on any atom is 0.321 e. The smallest absolute Gasteiger partial charge is 0.321 e. The predicted octanol–water partition coefficient (Wildman–Crippen LogP) is 6.56. The largest absolute Gasteiger partial charge is 0.424 e. The van der Waals surface area contributed by atoms with E-state index in [1.54, 1.807) is 24.3 Å². The van der Waals surface area contributed by atoms with Crippen molar-refractivity contribution in [2.75, 3.05) is 13.3 Å². The number of nitrogens with zero attached hydrogens (tertiary/aromatic N) is 8. The molecule has 34 heavy (non-hydrogen) atoms. The zero-order valence-corrected chi connectivity index (χ0v) is 25.3. The highest BCUT2D eigenvalue weighted by Gasteiger charge is 2.10. The maximum absolute atomic E-state index is 12.3. The van der Waals surface area contributed by atoms with E-state index in [9.17, 15) is 8.78 Å². The number of nitrogens with one attached hydrogen (secondary N) is 1. The topological polar surface area (TPSA) is 112 Å². The van der Waals surface area contributed by atoms with Crippen molar-refractivity contribution < 1.29 is 13.5 Å². The van der Waals surface area contributed by atoms with Crippen LogP contribution in [0.4, 0.5) is 8.78 Å². The zero-order chi connectivity index (χ0) is 25.1. The Kier molecular flexibility index (Phi) is 13.0. The second kappa shape index (κ2) is 15.2. The molecule has 0 saturated carbocycles. The number of alkyl halides is 2. The van der Waals surface area contributed by atoms with Crippen molar-refractivity contribution in [1.82, 2.24) is 44.7 Å². The second-order valence-electron chi connectivity index (χ2n) is 5.59. The fourth-order valence-electron chi connectivity index (χ4n) is 1.98. The third kappa shape index (κ3) is 10.3. The van der Waals surface area contributed by atoms with Crippen LogP contribution in [-0.2, 0) is 13.1 Å². The molecule has 4 aromatic rings. The van der Waals surface area contributed by atoms with Gasteiger partial charge in [-0.3, -0.25) is 5.10 Å². The Labute approximate surface area is 238 Å². The van der Waals surface area contributed by atoms with Crippen molar-refractivity contribution in [1.29, 1.82) is 0 Å². The number of aromatic nitrogens is 9. The van der Waals surface area contributed by atoms with Gasteiger partial charge in [-0.25, -0.2) is 18.1 Å². The minimum absolute atomic E-state index is 0.0918. The summed E-state index contributed by atoms with van der Waals surface area (Å²) in [5, 5.41) is 14.6. The van der Waals surface area contributed by atoms with Gasteiger partial charge in [-0.05, 0) is 97.8 Å². The number of halogens is 8. The fraction of sp³-hybridized carbons (Fsp3) is 0.250. The minimum atomic E-state index is -0.540. The SMILES string of the molecule is Brc1n[nH]c(Br)n1.FCCn1nc(Br)nc1Br.FCCn1nc(Br)nc1Oc1cccc(Cl)c1. The van der Waals surface area contributed by atoms with Gasteiger partial charge in [0.1, 0.15) is 19.1 Å². The molecule has 184 valence electrons. The summed E-state index contributed by atoms with van der Waals surface area (Å²) < 4.78 is 34.8. The molecule has 3 aromatic heterocycles. The van der Waals surface area contributed by atoms with Gasteiger partial charge in [0.2, 0.25) is 14.2 Å². The lowest BCUT2D eigenvalue weighted by Crippen LogP contribution is -2.04. The summed E-state index contributed by atoms with van der Waals surface area (Å²) in [4.78, 5) is 11.6. The summed E-state index contributed by atoms with van der Waals surface area (Å²) in [6.07, 6.45) is 0. The van der Waals surface area contributed by atoms with Gasteiger partial charge < -0.3 is 4.74 Å². The Morgan fingerprint density at radius 1 is 0.882 bits per heavy atom. The van der Waals surface area contributed by atoms with E-state index >= 15 is 0 Å². The Morgan fingerprint density at radius 3 is 2.03 bits per heavy atom. The highest BCUT2D eigenvalue weighted by Crippen LogP contribution is 2.23. The molecule has 0 spiro atoms. The van der Waals surface area contributed by atoms with Crippen molar-refractivity contribution >= 4 is 91.3 Å². The normalized spacial score (nSPS) is 10.2. The zero-order valence-electron chi connectivity index (χ0n) is 16.6. The molecule has 18 heteroatoms. The molecule has 0 bridgehead atoms. The van der Waals surface area contributed by atoms with Gasteiger partial charge in [0.05, 0.1) is 13.1 Å². The molecule has 0 aliphatic rings. The first-order valence-corrected chi connectivity index (χ1v) is 13.2. The van der Waals surface area contributed by atoms with E-state index in [4.69, 9.17) is 16.3 Å². The van der Waals surface area contributed by atoms with Gasteiger partial charge >= 0.3 is 6.01 Å². The molecule has 0 unspecified atom stereocenters. The number of rotatable bonds is 6. The Bertz CT molecular complexity index is 1160. The first-order valence-electron chi connectivity index (χ1n) is 8.86. The number of ether oxygens (including phenoxy) is 1. The van der Waals surface area contributed by atoms with Crippen molar-refractivity contribution in [3.8, 4) is 11.8 Å². The van der Waals surface area contributed by atoms with Crippen LogP contribution in [0.2, 0.25) is 5.02 Å². The predicted molar refractivity (Wildman–Crippen MR) is 138 cm³/mol. The lowest BCUT2D eigenvalue weighted by molar-refractivity contribution is 0.363. The summed E-state index contributed by atoms with van der Waals surface area (Å²) in [7, 11) is 0. The standard InChI is InChI=1S/C10H8BrClFN3O.C4H4Br2FN3.C2HBr2N3/c11-9-14-10(16(15-9)5-4-13)17-8-3-1-2-7(12)6-8;5-3-8-4(6)10(9-3)2-1-7;3-1-5-2(4)7-6-1/h1-3,6H,4-5H2;1-2H2;(H,5,6,7). The van der Waals surface area contributed by atoms with Crippen LogP contribution in [0.5, 0.6) is 11.8 Å². The summed E-state index contributed by atoms with van der Waals surface area (Å²) in [6, 6.07) is 7.08. The number of aryl methyl sites for hydroxylation is 2. The van der Waals surface area contributed by atoms with Crippen LogP contribution in [0.25, 0.3) is 0 Å². The van der Waals surface area contributed by atoms with Crippen LogP contribution in [0.15, 0.2) is 47.9 Å². The van der Waals surface area contributed by atoms with Gasteiger partial charge in [-0.1, -0.05) is 17.7 Å². The number of H-pyrrole nitrogens is 1. The average molecular weight is 820 g/mol.